The van der Waals surface area contributed by atoms with Crippen LogP contribution in [-0.4, -0.2) is 41.7 Å². The fourth-order valence-electron chi connectivity index (χ4n) is 4.98. The van der Waals surface area contributed by atoms with Gasteiger partial charge in [0.15, 0.2) is 0 Å². The van der Waals surface area contributed by atoms with Gasteiger partial charge in [0.2, 0.25) is 5.91 Å². The number of ether oxygens (including phenoxy) is 1. The lowest BCUT2D eigenvalue weighted by atomic mass is 9.71. The number of piperidine rings is 1. The van der Waals surface area contributed by atoms with Crippen molar-refractivity contribution in [1.29, 1.82) is 0 Å². The number of amides is 1. The van der Waals surface area contributed by atoms with Gasteiger partial charge in [0.25, 0.3) is 0 Å². The molecule has 1 saturated heterocycles. The first-order chi connectivity index (χ1) is 13.9. The predicted octanol–water partition coefficient (Wildman–Crippen LogP) is 3.20. The van der Waals surface area contributed by atoms with Crippen molar-refractivity contribution in [3.8, 4) is 5.75 Å². The molecule has 1 amide bonds. The van der Waals surface area contributed by atoms with Crippen LogP contribution in [0, 0.1) is 12.8 Å². The van der Waals surface area contributed by atoms with E-state index in [1.165, 1.54) is 0 Å². The zero-order valence-electron chi connectivity index (χ0n) is 17.2. The minimum absolute atomic E-state index is 0.0475. The van der Waals surface area contributed by atoms with Gasteiger partial charge in [-0.05, 0) is 50.3 Å². The highest BCUT2D eigenvalue weighted by atomic mass is 16.5. The first-order valence-corrected chi connectivity index (χ1v) is 10.5. The highest BCUT2D eigenvalue weighted by Gasteiger charge is 2.43. The van der Waals surface area contributed by atoms with Gasteiger partial charge in [-0.2, -0.15) is 0 Å². The maximum atomic E-state index is 12.8. The normalized spacial score (nSPS) is 24.4. The van der Waals surface area contributed by atoms with Gasteiger partial charge in [0.05, 0.1) is 12.7 Å². The highest BCUT2D eigenvalue weighted by molar-refractivity contribution is 5.82. The lowest BCUT2D eigenvalue weighted by molar-refractivity contribution is -0.143. The average molecular weight is 399 g/mol. The summed E-state index contributed by atoms with van der Waals surface area (Å²) >= 11 is 0. The third-order valence-electron chi connectivity index (χ3n) is 6.86. The first kappa shape index (κ1) is 20.0. The Hall–Kier alpha value is -2.34. The standard InChI is InChI=1S/C23H29NO5/c1-15-18-7-6-17(28-2)13-20(18)29-22(26)19(15)8-9-21(25)24-12-11-23(27)10-4-3-5-16(23)14-24/h6-7,13,16,27H,3-5,8-12,14H2,1-2H3/t16-,23+/m1/s1. The highest BCUT2D eigenvalue weighted by Crippen LogP contribution is 2.39. The number of likely N-dealkylation sites (tertiary alicyclic amines) is 1. The van der Waals surface area contributed by atoms with Crippen LogP contribution in [0.3, 0.4) is 0 Å². The lowest BCUT2D eigenvalue weighted by Gasteiger charge is -2.47. The summed E-state index contributed by atoms with van der Waals surface area (Å²) in [7, 11) is 1.57. The van der Waals surface area contributed by atoms with Crippen molar-refractivity contribution in [3.63, 3.8) is 0 Å². The fourth-order valence-corrected chi connectivity index (χ4v) is 4.98. The van der Waals surface area contributed by atoms with E-state index >= 15 is 0 Å². The van der Waals surface area contributed by atoms with Crippen LogP contribution in [0.2, 0.25) is 0 Å². The summed E-state index contributed by atoms with van der Waals surface area (Å²) in [4.78, 5) is 27.2. The van der Waals surface area contributed by atoms with Gasteiger partial charge in [0, 0.05) is 42.4 Å². The molecule has 1 aromatic carbocycles. The van der Waals surface area contributed by atoms with Gasteiger partial charge >= 0.3 is 5.63 Å². The van der Waals surface area contributed by atoms with E-state index in [4.69, 9.17) is 9.15 Å². The number of methoxy groups -OCH3 is 1. The van der Waals surface area contributed by atoms with E-state index in [0.717, 1.165) is 36.6 Å². The maximum Gasteiger partial charge on any atom is 0.339 e. The van der Waals surface area contributed by atoms with Crippen LogP contribution in [-0.2, 0) is 11.2 Å². The molecule has 0 unspecified atom stereocenters. The van der Waals surface area contributed by atoms with Crippen molar-refractivity contribution < 1.29 is 19.1 Å². The molecule has 6 heteroatoms. The van der Waals surface area contributed by atoms with Crippen LogP contribution >= 0.6 is 0 Å². The van der Waals surface area contributed by atoms with Crippen molar-refractivity contribution in [1.82, 2.24) is 4.90 Å². The van der Waals surface area contributed by atoms with Crippen LogP contribution in [0.5, 0.6) is 5.75 Å². The Labute approximate surface area is 170 Å². The van der Waals surface area contributed by atoms with Gasteiger partial charge in [-0.3, -0.25) is 4.79 Å². The summed E-state index contributed by atoms with van der Waals surface area (Å²) in [6.45, 7) is 3.12. The second kappa shape index (κ2) is 7.82. The van der Waals surface area contributed by atoms with Gasteiger partial charge < -0.3 is 19.2 Å². The van der Waals surface area contributed by atoms with Gasteiger partial charge in [-0.25, -0.2) is 4.79 Å². The maximum absolute atomic E-state index is 12.8. The summed E-state index contributed by atoms with van der Waals surface area (Å²) in [5, 5.41) is 11.7. The average Bonchev–Trinajstić information content (AvgIpc) is 2.72. The number of hydrogen-bond donors (Lipinski definition) is 1. The molecule has 0 bridgehead atoms. The number of benzene rings is 1. The molecule has 0 spiro atoms. The minimum Gasteiger partial charge on any atom is -0.497 e. The fraction of sp³-hybridized carbons (Fsp3) is 0.565. The van der Waals surface area contributed by atoms with Crippen LogP contribution in [0.15, 0.2) is 27.4 Å². The monoisotopic (exact) mass is 399 g/mol. The minimum atomic E-state index is -0.591. The van der Waals surface area contributed by atoms with E-state index in [1.807, 2.05) is 24.0 Å². The molecular weight excluding hydrogens is 370 g/mol. The second-order valence-corrected chi connectivity index (χ2v) is 8.49. The topological polar surface area (TPSA) is 80.0 Å². The van der Waals surface area contributed by atoms with Crippen molar-refractivity contribution in [2.45, 2.75) is 57.5 Å². The number of rotatable bonds is 4. The Bertz CT molecular complexity index is 981. The van der Waals surface area contributed by atoms with Crippen LogP contribution in [0.25, 0.3) is 11.0 Å². The Balaban J connectivity index is 1.47. The molecular formula is C23H29NO5. The van der Waals surface area contributed by atoms with E-state index < -0.39 is 11.2 Å². The molecule has 1 aromatic heterocycles. The Morgan fingerprint density at radius 1 is 1.34 bits per heavy atom. The van der Waals surface area contributed by atoms with E-state index in [0.29, 0.717) is 42.8 Å². The predicted molar refractivity (Wildman–Crippen MR) is 110 cm³/mol. The van der Waals surface area contributed by atoms with E-state index in [2.05, 4.69) is 0 Å². The van der Waals surface area contributed by atoms with Crippen molar-refractivity contribution in [2.24, 2.45) is 5.92 Å². The molecule has 2 aliphatic rings. The van der Waals surface area contributed by atoms with Crippen LogP contribution < -0.4 is 10.4 Å². The number of hydrogen-bond acceptors (Lipinski definition) is 5. The number of aryl methyl sites for hydroxylation is 1. The largest absolute Gasteiger partial charge is 0.497 e. The molecule has 2 atom stereocenters. The number of fused-ring (bicyclic) bond motifs is 2. The number of nitrogens with zero attached hydrogens (tertiary/aromatic N) is 1. The molecule has 1 aliphatic heterocycles. The van der Waals surface area contributed by atoms with Gasteiger partial charge in [0.1, 0.15) is 11.3 Å². The summed E-state index contributed by atoms with van der Waals surface area (Å²) < 4.78 is 10.7. The van der Waals surface area contributed by atoms with E-state index in [-0.39, 0.29) is 18.2 Å². The molecule has 0 radical (unpaired) electrons. The number of aliphatic hydroxyl groups is 1. The SMILES string of the molecule is COc1ccc2c(C)c(CCC(=O)N3CC[C@@]4(O)CCCC[C@@H]4C3)c(=O)oc2c1. The molecule has 2 heterocycles. The van der Waals surface area contributed by atoms with Crippen molar-refractivity contribution in [3.05, 3.63) is 39.7 Å². The number of carbonyl (C=O) groups excluding carboxylic acids is 1. The molecule has 2 fully saturated rings. The van der Waals surface area contributed by atoms with Crippen molar-refractivity contribution >= 4 is 16.9 Å². The smallest absolute Gasteiger partial charge is 0.339 e. The zero-order valence-corrected chi connectivity index (χ0v) is 17.2. The summed E-state index contributed by atoms with van der Waals surface area (Å²) in [5.74, 6) is 0.860. The second-order valence-electron chi connectivity index (χ2n) is 8.49. The third kappa shape index (κ3) is 3.78. The summed E-state index contributed by atoms with van der Waals surface area (Å²) in [5.41, 5.74) is 0.923. The van der Waals surface area contributed by atoms with Gasteiger partial charge in [-0.1, -0.05) is 12.8 Å². The van der Waals surface area contributed by atoms with Crippen molar-refractivity contribution in [2.75, 3.05) is 20.2 Å². The molecule has 2 aromatic rings. The Morgan fingerprint density at radius 2 is 2.17 bits per heavy atom. The zero-order chi connectivity index (χ0) is 20.6. The molecule has 6 nitrogen and oxygen atoms in total. The summed E-state index contributed by atoms with van der Waals surface area (Å²) in [6, 6.07) is 5.42. The molecule has 1 aliphatic carbocycles. The molecule has 29 heavy (non-hydrogen) atoms. The molecule has 4 rings (SSSR count). The molecule has 1 N–H and O–H groups in total. The lowest BCUT2D eigenvalue weighted by Crippen LogP contribution is -2.54. The van der Waals surface area contributed by atoms with E-state index in [1.54, 1.807) is 13.2 Å². The molecule has 1 saturated carbocycles. The molecule has 156 valence electrons. The van der Waals surface area contributed by atoms with Crippen LogP contribution in [0.4, 0.5) is 0 Å². The Morgan fingerprint density at radius 3 is 2.97 bits per heavy atom. The number of carbonyl (C=O) groups is 1. The third-order valence-corrected chi connectivity index (χ3v) is 6.86. The Kier molecular flexibility index (Phi) is 5.38. The summed E-state index contributed by atoms with van der Waals surface area (Å²) in [6.07, 6.45) is 5.32. The van der Waals surface area contributed by atoms with Gasteiger partial charge in [-0.15, -0.1) is 0 Å². The first-order valence-electron chi connectivity index (χ1n) is 10.5. The van der Waals surface area contributed by atoms with Crippen LogP contribution in [0.1, 0.15) is 49.7 Å². The quantitative estimate of drug-likeness (QED) is 0.799. The van der Waals surface area contributed by atoms with E-state index in [9.17, 15) is 14.7 Å².